The van der Waals surface area contributed by atoms with Crippen molar-refractivity contribution in [2.45, 2.75) is 45.2 Å². The molecule has 0 aromatic rings. The number of fused-ring (bicyclic) bond motifs is 1. The van der Waals surface area contributed by atoms with Crippen LogP contribution in [0.2, 0.25) is 0 Å². The first-order chi connectivity index (χ1) is 6.22. The van der Waals surface area contributed by atoms with Crippen molar-refractivity contribution >= 4 is 6.29 Å². The first-order valence-electron chi connectivity index (χ1n) is 5.43. The van der Waals surface area contributed by atoms with Crippen molar-refractivity contribution in [1.82, 2.24) is 5.32 Å². The van der Waals surface area contributed by atoms with E-state index in [0.717, 1.165) is 5.92 Å². The molecule has 1 aliphatic heterocycles. The summed E-state index contributed by atoms with van der Waals surface area (Å²) in [6.45, 7) is 4.45. The Bertz CT molecular complexity index is 204. The number of carbonyl (C=O) groups is 1. The average Bonchev–Trinajstić information content (AvgIpc) is 2.40. The zero-order valence-electron chi connectivity index (χ0n) is 8.49. The molecule has 0 amide bonds. The molecule has 0 aromatic heterocycles. The van der Waals surface area contributed by atoms with Gasteiger partial charge in [0.2, 0.25) is 0 Å². The zero-order valence-corrected chi connectivity index (χ0v) is 8.49. The van der Waals surface area contributed by atoms with E-state index in [1.165, 1.54) is 25.5 Å². The van der Waals surface area contributed by atoms with Crippen molar-refractivity contribution < 1.29 is 4.79 Å². The van der Waals surface area contributed by atoms with Gasteiger partial charge in [-0.3, -0.25) is 0 Å². The first kappa shape index (κ1) is 9.20. The molecule has 1 saturated heterocycles. The predicted molar refractivity (Wildman–Crippen MR) is 52.4 cm³/mol. The predicted octanol–water partition coefficient (Wildman–Crippen LogP) is 1.60. The highest BCUT2D eigenvalue weighted by molar-refractivity contribution is 5.56. The molecule has 0 aromatic carbocycles. The molecule has 74 valence electrons. The Labute approximate surface area is 80.1 Å². The Morgan fingerprint density at radius 1 is 1.31 bits per heavy atom. The smallest absolute Gasteiger partial charge is 0.124 e. The maximum Gasteiger partial charge on any atom is 0.124 e. The molecule has 1 heterocycles. The van der Waals surface area contributed by atoms with Crippen LogP contribution >= 0.6 is 0 Å². The summed E-state index contributed by atoms with van der Waals surface area (Å²) in [5.41, 5.74) is 0. The second-order valence-electron chi connectivity index (χ2n) is 4.86. The minimum atomic E-state index is 0.271. The van der Waals surface area contributed by atoms with E-state index in [1.807, 2.05) is 0 Å². The molecule has 5 unspecified atom stereocenters. The minimum Gasteiger partial charge on any atom is -0.310 e. The average molecular weight is 181 g/mol. The van der Waals surface area contributed by atoms with E-state index < -0.39 is 0 Å². The first-order valence-corrected chi connectivity index (χ1v) is 5.43. The highest BCUT2D eigenvalue weighted by Gasteiger charge is 2.42. The van der Waals surface area contributed by atoms with E-state index in [-0.39, 0.29) is 5.92 Å². The van der Waals surface area contributed by atoms with E-state index in [2.05, 4.69) is 19.2 Å². The summed E-state index contributed by atoms with van der Waals surface area (Å²) in [7, 11) is 0. The highest BCUT2D eigenvalue weighted by atomic mass is 16.1. The standard InChI is InChI=1S/C11H19NO/c1-7-3-4-11-9(5-7)10(6-13)8(2)12-11/h6-12H,3-5H2,1-2H3. The van der Waals surface area contributed by atoms with Gasteiger partial charge in [-0.05, 0) is 38.0 Å². The largest absolute Gasteiger partial charge is 0.310 e. The fourth-order valence-electron chi connectivity index (χ4n) is 3.10. The molecule has 2 rings (SSSR count). The Morgan fingerprint density at radius 3 is 2.77 bits per heavy atom. The van der Waals surface area contributed by atoms with Crippen LogP contribution in [0.4, 0.5) is 0 Å². The molecule has 0 spiro atoms. The normalized spacial score (nSPS) is 50.2. The summed E-state index contributed by atoms with van der Waals surface area (Å²) < 4.78 is 0. The second kappa shape index (κ2) is 3.41. The van der Waals surface area contributed by atoms with Crippen LogP contribution in [-0.4, -0.2) is 18.4 Å². The number of rotatable bonds is 1. The van der Waals surface area contributed by atoms with Crippen molar-refractivity contribution in [2.75, 3.05) is 0 Å². The van der Waals surface area contributed by atoms with E-state index in [0.29, 0.717) is 18.0 Å². The topological polar surface area (TPSA) is 29.1 Å². The third-order valence-corrected chi connectivity index (χ3v) is 3.87. The summed E-state index contributed by atoms with van der Waals surface area (Å²) >= 11 is 0. The third kappa shape index (κ3) is 1.52. The van der Waals surface area contributed by atoms with E-state index in [1.54, 1.807) is 0 Å². The number of hydrogen-bond acceptors (Lipinski definition) is 2. The summed E-state index contributed by atoms with van der Waals surface area (Å²) in [4.78, 5) is 10.9. The SMILES string of the molecule is CC1CCC2NC(C)C(C=O)C2C1. The second-order valence-corrected chi connectivity index (χ2v) is 4.86. The van der Waals surface area contributed by atoms with Crippen LogP contribution in [0.3, 0.4) is 0 Å². The van der Waals surface area contributed by atoms with Gasteiger partial charge in [0.25, 0.3) is 0 Å². The summed E-state index contributed by atoms with van der Waals surface area (Å²) in [6, 6.07) is 1.03. The van der Waals surface area contributed by atoms with Crippen LogP contribution < -0.4 is 5.32 Å². The van der Waals surface area contributed by atoms with Crippen molar-refractivity contribution in [2.24, 2.45) is 17.8 Å². The molecule has 1 aliphatic carbocycles. The summed E-state index contributed by atoms with van der Waals surface area (Å²) in [5.74, 6) is 1.71. The lowest BCUT2D eigenvalue weighted by atomic mass is 9.75. The van der Waals surface area contributed by atoms with Crippen LogP contribution in [0, 0.1) is 17.8 Å². The molecule has 0 radical (unpaired) electrons. The van der Waals surface area contributed by atoms with Crippen molar-refractivity contribution in [1.29, 1.82) is 0 Å². The van der Waals surface area contributed by atoms with Crippen LogP contribution in [0.15, 0.2) is 0 Å². The molecule has 2 fully saturated rings. The zero-order chi connectivity index (χ0) is 9.42. The quantitative estimate of drug-likeness (QED) is 0.622. The van der Waals surface area contributed by atoms with Gasteiger partial charge >= 0.3 is 0 Å². The third-order valence-electron chi connectivity index (χ3n) is 3.87. The van der Waals surface area contributed by atoms with Gasteiger partial charge in [-0.1, -0.05) is 6.92 Å². The molecule has 2 nitrogen and oxygen atoms in total. The Kier molecular flexibility index (Phi) is 2.41. The Hall–Kier alpha value is -0.370. The number of carbonyl (C=O) groups excluding carboxylic acids is 1. The monoisotopic (exact) mass is 181 g/mol. The molecule has 13 heavy (non-hydrogen) atoms. The Morgan fingerprint density at radius 2 is 2.08 bits per heavy atom. The Balaban J connectivity index is 2.10. The molecule has 2 heteroatoms. The van der Waals surface area contributed by atoms with Crippen LogP contribution in [0.25, 0.3) is 0 Å². The minimum absolute atomic E-state index is 0.271. The number of nitrogens with one attached hydrogen (secondary N) is 1. The molecule has 1 N–H and O–H groups in total. The van der Waals surface area contributed by atoms with Crippen LogP contribution in [-0.2, 0) is 4.79 Å². The van der Waals surface area contributed by atoms with Gasteiger partial charge in [0, 0.05) is 18.0 Å². The van der Waals surface area contributed by atoms with Gasteiger partial charge in [-0.2, -0.15) is 0 Å². The van der Waals surface area contributed by atoms with Gasteiger partial charge in [0.1, 0.15) is 6.29 Å². The van der Waals surface area contributed by atoms with E-state index >= 15 is 0 Å². The van der Waals surface area contributed by atoms with Gasteiger partial charge in [0.15, 0.2) is 0 Å². The highest BCUT2D eigenvalue weighted by Crippen LogP contribution is 2.38. The maximum absolute atomic E-state index is 10.9. The van der Waals surface area contributed by atoms with Gasteiger partial charge in [0.05, 0.1) is 0 Å². The lowest BCUT2D eigenvalue weighted by molar-refractivity contribution is -0.112. The molecule has 5 atom stereocenters. The van der Waals surface area contributed by atoms with Crippen molar-refractivity contribution in [3.63, 3.8) is 0 Å². The lowest BCUT2D eigenvalue weighted by Gasteiger charge is -2.30. The summed E-state index contributed by atoms with van der Waals surface area (Å²) in [6.07, 6.45) is 5.00. The fourth-order valence-corrected chi connectivity index (χ4v) is 3.10. The molecular formula is C11H19NO. The van der Waals surface area contributed by atoms with Crippen LogP contribution in [0.1, 0.15) is 33.1 Å². The van der Waals surface area contributed by atoms with Gasteiger partial charge in [-0.15, -0.1) is 0 Å². The van der Waals surface area contributed by atoms with Gasteiger partial charge < -0.3 is 10.1 Å². The molecule has 1 saturated carbocycles. The fraction of sp³-hybridized carbons (Fsp3) is 0.909. The number of hydrogen-bond donors (Lipinski definition) is 1. The van der Waals surface area contributed by atoms with Crippen molar-refractivity contribution in [3.8, 4) is 0 Å². The van der Waals surface area contributed by atoms with Gasteiger partial charge in [-0.25, -0.2) is 0 Å². The molecule has 0 bridgehead atoms. The number of aldehydes is 1. The van der Waals surface area contributed by atoms with E-state index in [9.17, 15) is 4.79 Å². The maximum atomic E-state index is 10.9. The lowest BCUT2D eigenvalue weighted by Crippen LogP contribution is -2.33. The van der Waals surface area contributed by atoms with E-state index in [4.69, 9.17) is 0 Å². The summed E-state index contributed by atoms with van der Waals surface area (Å²) in [5, 5.41) is 3.55. The van der Waals surface area contributed by atoms with Crippen LogP contribution in [0.5, 0.6) is 0 Å². The molecule has 2 aliphatic rings. The molecular weight excluding hydrogens is 162 g/mol. The van der Waals surface area contributed by atoms with Crippen molar-refractivity contribution in [3.05, 3.63) is 0 Å².